The van der Waals surface area contributed by atoms with Gasteiger partial charge in [-0.15, -0.1) is 0 Å². The zero-order chi connectivity index (χ0) is 10.7. The molecule has 1 N–H and O–H groups in total. The molecule has 0 radical (unpaired) electrons. The van der Waals surface area contributed by atoms with Gasteiger partial charge in [0.1, 0.15) is 0 Å². The molecule has 0 saturated heterocycles. The highest BCUT2D eigenvalue weighted by Gasteiger charge is 2.10. The summed E-state index contributed by atoms with van der Waals surface area (Å²) >= 11 is 9.53. The van der Waals surface area contributed by atoms with Gasteiger partial charge >= 0.3 is 0 Å². The van der Waals surface area contributed by atoms with Crippen molar-refractivity contribution in [2.24, 2.45) is 0 Å². The molecule has 0 aliphatic heterocycles. The third-order valence-corrected chi connectivity index (χ3v) is 2.83. The predicted molar refractivity (Wildman–Crippen MR) is 65.8 cm³/mol. The third-order valence-electron chi connectivity index (χ3n) is 2.01. The lowest BCUT2D eigenvalue weighted by Crippen LogP contribution is -2.26. The molecular weight excluding hydrogens is 261 g/mol. The Morgan fingerprint density at radius 2 is 1.93 bits per heavy atom. The second-order valence-corrected chi connectivity index (χ2v) is 5.03. The van der Waals surface area contributed by atoms with Gasteiger partial charge in [0.25, 0.3) is 0 Å². The molecule has 1 atom stereocenters. The van der Waals surface area contributed by atoms with Crippen LogP contribution in [-0.2, 0) is 0 Å². The molecule has 1 rings (SSSR count). The highest BCUT2D eigenvalue weighted by atomic mass is 79.9. The molecule has 14 heavy (non-hydrogen) atoms. The summed E-state index contributed by atoms with van der Waals surface area (Å²) < 4.78 is 1.02. The van der Waals surface area contributed by atoms with Crippen molar-refractivity contribution in [1.82, 2.24) is 5.32 Å². The van der Waals surface area contributed by atoms with Crippen LogP contribution < -0.4 is 5.32 Å². The molecule has 1 aromatic carbocycles. The highest BCUT2D eigenvalue weighted by molar-refractivity contribution is 9.10. The van der Waals surface area contributed by atoms with Crippen LogP contribution in [0.3, 0.4) is 0 Å². The molecule has 0 saturated carbocycles. The summed E-state index contributed by atoms with van der Waals surface area (Å²) in [5.74, 6) is 0. The maximum absolute atomic E-state index is 6.14. The van der Waals surface area contributed by atoms with E-state index in [1.54, 1.807) is 0 Å². The fraction of sp³-hybridized carbons (Fsp3) is 0.455. The number of rotatable bonds is 3. The van der Waals surface area contributed by atoms with Crippen molar-refractivity contribution in [1.29, 1.82) is 0 Å². The van der Waals surface area contributed by atoms with Crippen molar-refractivity contribution >= 4 is 27.5 Å². The van der Waals surface area contributed by atoms with Crippen molar-refractivity contribution in [2.75, 3.05) is 0 Å². The van der Waals surface area contributed by atoms with Crippen LogP contribution in [0.2, 0.25) is 5.02 Å². The molecule has 0 spiro atoms. The van der Waals surface area contributed by atoms with E-state index < -0.39 is 0 Å². The van der Waals surface area contributed by atoms with Gasteiger partial charge in [0, 0.05) is 21.6 Å². The summed E-state index contributed by atoms with van der Waals surface area (Å²) in [5, 5.41) is 4.23. The van der Waals surface area contributed by atoms with Crippen molar-refractivity contribution in [3.05, 3.63) is 33.3 Å². The zero-order valence-corrected chi connectivity index (χ0v) is 11.0. The first-order valence-corrected chi connectivity index (χ1v) is 5.89. The molecule has 78 valence electrons. The Morgan fingerprint density at radius 1 is 1.29 bits per heavy atom. The van der Waals surface area contributed by atoms with Crippen LogP contribution in [0.5, 0.6) is 0 Å². The first-order valence-electron chi connectivity index (χ1n) is 4.71. The Bertz CT molecular complexity index is 312. The standard InChI is InChI=1S/C11H15BrClN/c1-7(2)14-8(3)10-5-4-9(12)6-11(10)13/h4-8,14H,1-3H3. The molecule has 1 nitrogen and oxygen atoms in total. The minimum atomic E-state index is 0.288. The second kappa shape index (κ2) is 5.15. The van der Waals surface area contributed by atoms with Crippen LogP contribution in [0, 0.1) is 0 Å². The fourth-order valence-corrected chi connectivity index (χ4v) is 2.28. The Morgan fingerprint density at radius 3 is 2.43 bits per heavy atom. The van der Waals surface area contributed by atoms with Gasteiger partial charge in [-0.05, 0) is 24.6 Å². The Kier molecular flexibility index (Phi) is 4.42. The van der Waals surface area contributed by atoms with E-state index in [1.807, 2.05) is 18.2 Å². The molecule has 0 aromatic heterocycles. The summed E-state index contributed by atoms with van der Waals surface area (Å²) in [5.41, 5.74) is 1.14. The number of hydrogen-bond acceptors (Lipinski definition) is 1. The summed E-state index contributed by atoms with van der Waals surface area (Å²) in [6, 6.07) is 6.74. The fourth-order valence-electron chi connectivity index (χ4n) is 1.44. The first-order chi connectivity index (χ1) is 6.50. The second-order valence-electron chi connectivity index (χ2n) is 3.71. The minimum absolute atomic E-state index is 0.288. The van der Waals surface area contributed by atoms with Crippen LogP contribution in [0.4, 0.5) is 0 Å². The normalized spacial score (nSPS) is 13.3. The molecule has 0 heterocycles. The molecule has 3 heteroatoms. The average molecular weight is 277 g/mol. The summed E-state index contributed by atoms with van der Waals surface area (Å²) in [6.45, 7) is 6.38. The van der Waals surface area contributed by atoms with Gasteiger partial charge in [-0.25, -0.2) is 0 Å². The van der Waals surface area contributed by atoms with E-state index >= 15 is 0 Å². The molecule has 0 amide bonds. The van der Waals surface area contributed by atoms with E-state index in [1.165, 1.54) is 0 Å². The van der Waals surface area contributed by atoms with Crippen molar-refractivity contribution in [3.8, 4) is 0 Å². The van der Waals surface area contributed by atoms with E-state index in [4.69, 9.17) is 11.6 Å². The van der Waals surface area contributed by atoms with Gasteiger partial charge < -0.3 is 5.32 Å². The average Bonchev–Trinajstić information content (AvgIpc) is 2.01. The smallest absolute Gasteiger partial charge is 0.0464 e. The largest absolute Gasteiger partial charge is 0.308 e. The van der Waals surface area contributed by atoms with Crippen LogP contribution >= 0.6 is 27.5 Å². The van der Waals surface area contributed by atoms with E-state index in [2.05, 4.69) is 42.0 Å². The Labute approximate surface area is 99.0 Å². The van der Waals surface area contributed by atoms with Crippen LogP contribution in [0.25, 0.3) is 0 Å². The SMILES string of the molecule is CC(C)NC(C)c1ccc(Br)cc1Cl. The summed E-state index contributed by atoms with van der Waals surface area (Å²) in [6.07, 6.45) is 0. The van der Waals surface area contributed by atoms with Gasteiger partial charge in [-0.1, -0.05) is 47.4 Å². The van der Waals surface area contributed by atoms with Gasteiger partial charge in [-0.2, -0.15) is 0 Å². The number of hydrogen-bond donors (Lipinski definition) is 1. The van der Waals surface area contributed by atoms with Crippen molar-refractivity contribution in [2.45, 2.75) is 32.9 Å². The van der Waals surface area contributed by atoms with Gasteiger partial charge in [0.2, 0.25) is 0 Å². The van der Waals surface area contributed by atoms with Crippen LogP contribution in [0.1, 0.15) is 32.4 Å². The van der Waals surface area contributed by atoms with E-state index in [0.717, 1.165) is 15.1 Å². The van der Waals surface area contributed by atoms with Gasteiger partial charge in [-0.3, -0.25) is 0 Å². The number of benzene rings is 1. The molecule has 1 aromatic rings. The van der Waals surface area contributed by atoms with E-state index in [-0.39, 0.29) is 6.04 Å². The summed E-state index contributed by atoms with van der Waals surface area (Å²) in [4.78, 5) is 0. The minimum Gasteiger partial charge on any atom is -0.308 e. The lowest BCUT2D eigenvalue weighted by molar-refractivity contribution is 0.506. The van der Waals surface area contributed by atoms with Gasteiger partial charge in [0.05, 0.1) is 0 Å². The topological polar surface area (TPSA) is 12.0 Å². The molecule has 1 unspecified atom stereocenters. The molecule has 0 fully saturated rings. The maximum Gasteiger partial charge on any atom is 0.0464 e. The number of halogens is 2. The monoisotopic (exact) mass is 275 g/mol. The molecule has 0 aliphatic carbocycles. The van der Waals surface area contributed by atoms with Crippen molar-refractivity contribution in [3.63, 3.8) is 0 Å². The maximum atomic E-state index is 6.14. The zero-order valence-electron chi connectivity index (χ0n) is 8.64. The molecular formula is C11H15BrClN. The molecule has 0 bridgehead atoms. The van der Waals surface area contributed by atoms with E-state index in [9.17, 15) is 0 Å². The Hall–Kier alpha value is -0.0500. The first kappa shape index (κ1) is 12.0. The predicted octanol–water partition coefficient (Wildman–Crippen LogP) is 4.16. The van der Waals surface area contributed by atoms with Gasteiger partial charge in [0.15, 0.2) is 0 Å². The van der Waals surface area contributed by atoms with Crippen LogP contribution in [0.15, 0.2) is 22.7 Å². The highest BCUT2D eigenvalue weighted by Crippen LogP contribution is 2.26. The number of nitrogens with one attached hydrogen (secondary N) is 1. The summed E-state index contributed by atoms with van der Waals surface area (Å²) in [7, 11) is 0. The lowest BCUT2D eigenvalue weighted by Gasteiger charge is -2.18. The van der Waals surface area contributed by atoms with E-state index in [0.29, 0.717) is 6.04 Å². The van der Waals surface area contributed by atoms with Crippen LogP contribution in [-0.4, -0.2) is 6.04 Å². The quantitative estimate of drug-likeness (QED) is 0.874. The van der Waals surface area contributed by atoms with Crippen molar-refractivity contribution < 1.29 is 0 Å². The molecule has 0 aliphatic rings. The Balaban J connectivity index is 2.84. The lowest BCUT2D eigenvalue weighted by atomic mass is 10.1. The third kappa shape index (κ3) is 3.26.